The first-order chi connectivity index (χ1) is 13.9. The zero-order valence-corrected chi connectivity index (χ0v) is 15.6. The number of nitrogens with zero attached hydrogens (tertiary/aromatic N) is 2. The molecule has 0 aliphatic heterocycles. The monoisotopic (exact) mass is 366 g/mol. The Bertz CT molecular complexity index is 1130. The van der Waals surface area contributed by atoms with Gasteiger partial charge in [0.15, 0.2) is 0 Å². The Balaban J connectivity index is 1.47. The second-order valence-corrected chi connectivity index (χ2v) is 7.19. The number of benzene rings is 2. The Kier molecular flexibility index (Phi) is 4.39. The molecule has 28 heavy (non-hydrogen) atoms. The molecule has 3 heterocycles. The van der Waals surface area contributed by atoms with Crippen LogP contribution in [0.3, 0.4) is 0 Å². The number of pyridine rings is 1. The normalized spacial score (nSPS) is 11.6. The van der Waals surface area contributed by atoms with Gasteiger partial charge < -0.3 is 9.97 Å². The van der Waals surface area contributed by atoms with Crippen molar-refractivity contribution in [1.29, 1.82) is 0 Å². The predicted octanol–water partition coefficient (Wildman–Crippen LogP) is 5.25. The summed E-state index contributed by atoms with van der Waals surface area (Å²) < 4.78 is 0. The molecule has 5 aromatic rings. The molecule has 0 saturated carbocycles. The van der Waals surface area contributed by atoms with Crippen molar-refractivity contribution < 1.29 is 0 Å². The molecule has 2 aromatic carbocycles. The molecule has 5 rings (SSSR count). The van der Waals surface area contributed by atoms with Gasteiger partial charge in [-0.3, -0.25) is 9.88 Å². The third-order valence-corrected chi connectivity index (χ3v) is 5.25. The fraction of sp³-hybridized carbons (Fsp3) is 0.125. The van der Waals surface area contributed by atoms with E-state index in [-0.39, 0.29) is 0 Å². The summed E-state index contributed by atoms with van der Waals surface area (Å²) in [6, 6.07) is 23.1. The van der Waals surface area contributed by atoms with Gasteiger partial charge in [0.2, 0.25) is 0 Å². The lowest BCUT2D eigenvalue weighted by Gasteiger charge is -2.21. The van der Waals surface area contributed by atoms with Gasteiger partial charge in [0.05, 0.1) is 5.69 Å². The van der Waals surface area contributed by atoms with Crippen LogP contribution in [-0.4, -0.2) is 19.9 Å². The summed E-state index contributed by atoms with van der Waals surface area (Å²) in [5, 5.41) is 2.57. The van der Waals surface area contributed by atoms with Crippen molar-refractivity contribution in [2.45, 2.75) is 19.6 Å². The van der Waals surface area contributed by atoms with Crippen molar-refractivity contribution in [3.8, 4) is 0 Å². The van der Waals surface area contributed by atoms with Gasteiger partial charge in [0.25, 0.3) is 0 Å². The number of para-hydroxylation sites is 2. The molecule has 0 unspecified atom stereocenters. The molecule has 0 aliphatic carbocycles. The quantitative estimate of drug-likeness (QED) is 0.431. The highest BCUT2D eigenvalue weighted by atomic mass is 15.1. The molecule has 0 radical (unpaired) electrons. The molecule has 0 saturated heterocycles. The van der Waals surface area contributed by atoms with E-state index in [4.69, 9.17) is 0 Å². The van der Waals surface area contributed by atoms with Crippen molar-refractivity contribution in [1.82, 2.24) is 19.9 Å². The minimum Gasteiger partial charge on any atom is -0.361 e. The van der Waals surface area contributed by atoms with E-state index in [9.17, 15) is 0 Å². The largest absolute Gasteiger partial charge is 0.361 e. The Labute approximate surface area is 163 Å². The van der Waals surface area contributed by atoms with Crippen molar-refractivity contribution in [3.05, 3.63) is 102 Å². The predicted molar refractivity (Wildman–Crippen MR) is 114 cm³/mol. The van der Waals surface area contributed by atoms with Crippen LogP contribution in [0.2, 0.25) is 0 Å². The fourth-order valence-electron chi connectivity index (χ4n) is 3.90. The number of aromatic nitrogens is 3. The van der Waals surface area contributed by atoms with Gasteiger partial charge in [-0.2, -0.15) is 0 Å². The molecule has 0 spiro atoms. The molecule has 0 amide bonds. The van der Waals surface area contributed by atoms with Crippen LogP contribution in [0, 0.1) is 0 Å². The maximum Gasteiger partial charge on any atom is 0.0544 e. The van der Waals surface area contributed by atoms with Crippen molar-refractivity contribution in [2.75, 3.05) is 0 Å². The van der Waals surface area contributed by atoms with Gasteiger partial charge in [0.1, 0.15) is 0 Å². The standard InChI is InChI=1S/C24H22N4/c1-3-10-23-21(8-1)18(13-26-23)15-28(17-20-7-5-6-12-25-20)16-19-14-27-24-11-4-2-9-22(19)24/h1-14,26-27H,15-17H2. The summed E-state index contributed by atoms with van der Waals surface area (Å²) in [5.74, 6) is 0. The van der Waals surface area contributed by atoms with E-state index in [1.807, 2.05) is 12.3 Å². The molecule has 138 valence electrons. The number of hydrogen-bond acceptors (Lipinski definition) is 2. The third kappa shape index (κ3) is 3.30. The lowest BCUT2D eigenvalue weighted by atomic mass is 10.1. The minimum atomic E-state index is 0.805. The van der Waals surface area contributed by atoms with Crippen LogP contribution < -0.4 is 0 Å². The van der Waals surface area contributed by atoms with E-state index in [2.05, 4.69) is 92.9 Å². The summed E-state index contributed by atoms with van der Waals surface area (Å²) in [6.45, 7) is 2.53. The van der Waals surface area contributed by atoms with E-state index in [1.165, 1.54) is 32.9 Å². The van der Waals surface area contributed by atoms with Gasteiger partial charge in [-0.25, -0.2) is 0 Å². The molecule has 4 nitrogen and oxygen atoms in total. The number of fused-ring (bicyclic) bond motifs is 2. The zero-order chi connectivity index (χ0) is 18.8. The summed E-state index contributed by atoms with van der Waals surface area (Å²) in [7, 11) is 0. The first-order valence-corrected chi connectivity index (χ1v) is 9.59. The smallest absolute Gasteiger partial charge is 0.0544 e. The molecule has 0 fully saturated rings. The molecular formula is C24H22N4. The second-order valence-electron chi connectivity index (χ2n) is 7.19. The summed E-state index contributed by atoms with van der Waals surface area (Å²) in [4.78, 5) is 13.8. The molecule has 2 N–H and O–H groups in total. The topological polar surface area (TPSA) is 47.7 Å². The van der Waals surface area contributed by atoms with Gasteiger partial charge in [0, 0.05) is 60.0 Å². The third-order valence-electron chi connectivity index (χ3n) is 5.25. The van der Waals surface area contributed by atoms with E-state index in [1.54, 1.807) is 0 Å². The van der Waals surface area contributed by atoms with Gasteiger partial charge in [-0.05, 0) is 35.4 Å². The zero-order valence-electron chi connectivity index (χ0n) is 15.6. The lowest BCUT2D eigenvalue weighted by Crippen LogP contribution is -2.22. The highest BCUT2D eigenvalue weighted by Crippen LogP contribution is 2.24. The van der Waals surface area contributed by atoms with Crippen molar-refractivity contribution in [3.63, 3.8) is 0 Å². The van der Waals surface area contributed by atoms with Crippen LogP contribution >= 0.6 is 0 Å². The highest BCUT2D eigenvalue weighted by molar-refractivity contribution is 5.83. The average Bonchev–Trinajstić information content (AvgIpc) is 3.34. The van der Waals surface area contributed by atoms with Crippen LogP contribution in [0.15, 0.2) is 85.3 Å². The van der Waals surface area contributed by atoms with Gasteiger partial charge in [-0.1, -0.05) is 42.5 Å². The SMILES string of the molecule is c1ccc(CN(Cc2c[nH]c3ccccc23)Cc2c[nH]c3ccccc23)nc1. The van der Waals surface area contributed by atoms with Crippen LogP contribution in [0.4, 0.5) is 0 Å². The molecule has 0 aliphatic rings. The Morgan fingerprint density at radius 2 is 1.21 bits per heavy atom. The van der Waals surface area contributed by atoms with Crippen LogP contribution in [-0.2, 0) is 19.6 Å². The number of rotatable bonds is 6. The first kappa shape index (κ1) is 16.8. The number of aromatic amines is 2. The summed E-state index contributed by atoms with van der Waals surface area (Å²) in [5.41, 5.74) is 6.07. The Morgan fingerprint density at radius 3 is 1.79 bits per heavy atom. The Morgan fingerprint density at radius 1 is 0.643 bits per heavy atom. The van der Waals surface area contributed by atoms with E-state index in [0.717, 1.165) is 25.3 Å². The first-order valence-electron chi connectivity index (χ1n) is 9.59. The fourth-order valence-corrected chi connectivity index (χ4v) is 3.90. The van der Waals surface area contributed by atoms with Crippen molar-refractivity contribution in [2.24, 2.45) is 0 Å². The number of nitrogens with one attached hydrogen (secondary N) is 2. The second kappa shape index (κ2) is 7.33. The highest BCUT2D eigenvalue weighted by Gasteiger charge is 2.14. The van der Waals surface area contributed by atoms with E-state index < -0.39 is 0 Å². The lowest BCUT2D eigenvalue weighted by molar-refractivity contribution is 0.246. The Hall–Kier alpha value is -3.37. The van der Waals surface area contributed by atoms with E-state index >= 15 is 0 Å². The van der Waals surface area contributed by atoms with Gasteiger partial charge in [-0.15, -0.1) is 0 Å². The van der Waals surface area contributed by atoms with Crippen LogP contribution in [0.5, 0.6) is 0 Å². The summed E-state index contributed by atoms with van der Waals surface area (Å²) >= 11 is 0. The molecular weight excluding hydrogens is 344 g/mol. The van der Waals surface area contributed by atoms with Crippen LogP contribution in [0.25, 0.3) is 21.8 Å². The number of hydrogen-bond donors (Lipinski definition) is 2. The maximum atomic E-state index is 4.54. The van der Waals surface area contributed by atoms with E-state index in [0.29, 0.717) is 0 Å². The molecule has 4 heteroatoms. The number of H-pyrrole nitrogens is 2. The maximum absolute atomic E-state index is 4.54. The molecule has 0 atom stereocenters. The van der Waals surface area contributed by atoms with Crippen molar-refractivity contribution >= 4 is 21.8 Å². The molecule has 3 aromatic heterocycles. The van der Waals surface area contributed by atoms with Crippen LogP contribution in [0.1, 0.15) is 16.8 Å². The van der Waals surface area contributed by atoms with Gasteiger partial charge >= 0.3 is 0 Å². The average molecular weight is 366 g/mol. The summed E-state index contributed by atoms with van der Waals surface area (Å²) in [6.07, 6.45) is 6.13. The minimum absolute atomic E-state index is 0.805. The molecule has 0 bridgehead atoms.